The molecule has 1 N–H and O–H groups in total. The van der Waals surface area contributed by atoms with Crippen molar-refractivity contribution in [2.45, 2.75) is 6.04 Å². The van der Waals surface area contributed by atoms with Crippen molar-refractivity contribution in [1.29, 1.82) is 0 Å². The third-order valence-corrected chi connectivity index (χ3v) is 4.23. The molecule has 1 heterocycles. The first-order valence-electron chi connectivity index (χ1n) is 8.26. The minimum Gasteiger partial charge on any atom is -0.377 e. The molecule has 0 radical (unpaired) electrons. The van der Waals surface area contributed by atoms with Crippen LogP contribution in [0.1, 0.15) is 22.0 Å². The monoisotopic (exact) mass is 354 g/mol. The molecule has 2 aromatic carbocycles. The van der Waals surface area contributed by atoms with Gasteiger partial charge in [0.1, 0.15) is 5.82 Å². The highest BCUT2D eigenvalue weighted by Gasteiger charge is 2.29. The van der Waals surface area contributed by atoms with Crippen molar-refractivity contribution in [2.24, 2.45) is 0 Å². The lowest BCUT2D eigenvalue weighted by molar-refractivity contribution is -0.111. The van der Waals surface area contributed by atoms with E-state index in [1.54, 1.807) is 41.3 Å². The molecule has 1 fully saturated rings. The molecule has 134 valence electrons. The highest BCUT2D eigenvalue weighted by Crippen LogP contribution is 2.26. The van der Waals surface area contributed by atoms with Crippen molar-refractivity contribution in [3.63, 3.8) is 0 Å². The molecule has 1 atom stereocenters. The molecule has 0 saturated carbocycles. The van der Waals surface area contributed by atoms with Crippen LogP contribution in [0.25, 0.3) is 0 Å². The normalized spacial score (nSPS) is 16.8. The maximum atomic E-state index is 13.2. The van der Waals surface area contributed by atoms with Gasteiger partial charge >= 0.3 is 0 Å². The maximum absolute atomic E-state index is 13.2. The lowest BCUT2D eigenvalue weighted by atomic mass is 10.0. The zero-order valence-electron chi connectivity index (χ0n) is 14.2. The second-order valence-corrected chi connectivity index (χ2v) is 5.91. The average molecular weight is 354 g/mol. The van der Waals surface area contributed by atoms with Crippen LogP contribution >= 0.6 is 0 Å². The molecule has 5 nitrogen and oxygen atoms in total. The van der Waals surface area contributed by atoms with Crippen molar-refractivity contribution in [3.05, 3.63) is 78.1 Å². The van der Waals surface area contributed by atoms with Gasteiger partial charge in [-0.3, -0.25) is 9.59 Å². The van der Waals surface area contributed by atoms with Crippen molar-refractivity contribution in [1.82, 2.24) is 4.90 Å². The van der Waals surface area contributed by atoms with Gasteiger partial charge in [0.2, 0.25) is 5.91 Å². The van der Waals surface area contributed by atoms with Gasteiger partial charge in [0.15, 0.2) is 0 Å². The fourth-order valence-electron chi connectivity index (χ4n) is 2.86. The summed E-state index contributed by atoms with van der Waals surface area (Å²) in [5.74, 6) is -0.765. The Labute approximate surface area is 151 Å². The van der Waals surface area contributed by atoms with Crippen LogP contribution in [-0.2, 0) is 9.53 Å². The summed E-state index contributed by atoms with van der Waals surface area (Å²) in [5, 5.41) is 2.64. The van der Waals surface area contributed by atoms with Crippen LogP contribution < -0.4 is 5.32 Å². The van der Waals surface area contributed by atoms with Crippen molar-refractivity contribution < 1.29 is 18.7 Å². The molecule has 0 bridgehead atoms. The first kappa shape index (κ1) is 17.8. The highest BCUT2D eigenvalue weighted by molar-refractivity contribution is 5.99. The highest BCUT2D eigenvalue weighted by atomic mass is 19.1. The van der Waals surface area contributed by atoms with E-state index in [0.717, 1.165) is 5.56 Å². The molecule has 0 aromatic heterocycles. The summed E-state index contributed by atoms with van der Waals surface area (Å²) in [6.45, 7) is 4.67. The van der Waals surface area contributed by atoms with Gasteiger partial charge in [0.25, 0.3) is 5.91 Å². The van der Waals surface area contributed by atoms with Crippen LogP contribution in [0.3, 0.4) is 0 Å². The minimum atomic E-state index is -0.319. The Morgan fingerprint density at radius 3 is 2.50 bits per heavy atom. The van der Waals surface area contributed by atoms with E-state index in [-0.39, 0.29) is 23.7 Å². The smallest absolute Gasteiger partial charge is 0.254 e. The van der Waals surface area contributed by atoms with Gasteiger partial charge in [0.05, 0.1) is 19.3 Å². The predicted molar refractivity (Wildman–Crippen MR) is 96.3 cm³/mol. The van der Waals surface area contributed by atoms with Gasteiger partial charge in [-0.25, -0.2) is 4.39 Å². The van der Waals surface area contributed by atoms with Crippen LogP contribution in [0.15, 0.2) is 61.2 Å². The summed E-state index contributed by atoms with van der Waals surface area (Å²) in [5.41, 5.74) is 1.92. The Kier molecular flexibility index (Phi) is 5.43. The fourth-order valence-corrected chi connectivity index (χ4v) is 2.86. The number of hydrogen-bond donors (Lipinski definition) is 1. The van der Waals surface area contributed by atoms with E-state index < -0.39 is 0 Å². The standard InChI is InChI=1S/C20H19FN2O3/c1-2-19(24)22-17-9-5-15(6-10-17)20(25)23-11-12-26-13-18(23)14-3-7-16(21)8-4-14/h2-10,18H,1,11-13H2,(H,22,24). The molecular weight excluding hydrogens is 335 g/mol. The molecule has 26 heavy (non-hydrogen) atoms. The summed E-state index contributed by atoms with van der Waals surface area (Å²) in [6.07, 6.45) is 1.18. The number of amides is 2. The maximum Gasteiger partial charge on any atom is 0.254 e. The molecule has 3 rings (SSSR count). The number of carbonyl (C=O) groups excluding carboxylic acids is 2. The first-order valence-corrected chi connectivity index (χ1v) is 8.26. The Morgan fingerprint density at radius 2 is 1.85 bits per heavy atom. The average Bonchev–Trinajstić information content (AvgIpc) is 2.68. The Morgan fingerprint density at radius 1 is 1.15 bits per heavy atom. The summed E-state index contributed by atoms with van der Waals surface area (Å²) < 4.78 is 18.7. The van der Waals surface area contributed by atoms with E-state index in [0.29, 0.717) is 31.0 Å². The van der Waals surface area contributed by atoms with Crippen LogP contribution in [-0.4, -0.2) is 36.5 Å². The molecule has 0 aliphatic carbocycles. The van der Waals surface area contributed by atoms with E-state index >= 15 is 0 Å². The number of carbonyl (C=O) groups is 2. The topological polar surface area (TPSA) is 58.6 Å². The summed E-state index contributed by atoms with van der Waals surface area (Å²) in [4.78, 5) is 26.0. The number of morpholine rings is 1. The quantitative estimate of drug-likeness (QED) is 0.858. The minimum absolute atomic E-state index is 0.135. The number of nitrogens with zero attached hydrogens (tertiary/aromatic N) is 1. The van der Waals surface area contributed by atoms with Crippen molar-refractivity contribution >= 4 is 17.5 Å². The Bertz CT molecular complexity index is 803. The summed E-state index contributed by atoms with van der Waals surface area (Å²) in [6, 6.07) is 12.5. The van der Waals surface area contributed by atoms with Crippen molar-refractivity contribution in [3.8, 4) is 0 Å². The molecule has 2 amide bonds. The van der Waals surface area contributed by atoms with Crippen LogP contribution in [0.2, 0.25) is 0 Å². The van der Waals surface area contributed by atoms with Crippen LogP contribution in [0, 0.1) is 5.82 Å². The van der Waals surface area contributed by atoms with E-state index in [1.165, 1.54) is 18.2 Å². The van der Waals surface area contributed by atoms with Crippen molar-refractivity contribution in [2.75, 3.05) is 25.1 Å². The molecule has 1 saturated heterocycles. The summed E-state index contributed by atoms with van der Waals surface area (Å²) in [7, 11) is 0. The second kappa shape index (κ2) is 7.93. The number of ether oxygens (including phenoxy) is 1. The first-order chi connectivity index (χ1) is 12.6. The molecule has 2 aromatic rings. The third kappa shape index (κ3) is 3.97. The zero-order valence-corrected chi connectivity index (χ0v) is 14.2. The predicted octanol–water partition coefficient (Wildman–Crippen LogP) is 3.16. The number of anilines is 1. The molecule has 0 spiro atoms. The number of benzene rings is 2. The van der Waals surface area contributed by atoms with Crippen LogP contribution in [0.4, 0.5) is 10.1 Å². The number of rotatable bonds is 4. The lowest BCUT2D eigenvalue weighted by Crippen LogP contribution is -2.43. The zero-order chi connectivity index (χ0) is 18.5. The molecule has 1 unspecified atom stereocenters. The SMILES string of the molecule is C=CC(=O)Nc1ccc(C(=O)N2CCOCC2c2ccc(F)cc2)cc1. The molecule has 1 aliphatic rings. The Hall–Kier alpha value is -2.99. The van der Waals surface area contributed by atoms with Gasteiger partial charge in [0, 0.05) is 17.8 Å². The molecule has 6 heteroatoms. The van der Waals surface area contributed by atoms with E-state index in [9.17, 15) is 14.0 Å². The van der Waals surface area contributed by atoms with Gasteiger partial charge < -0.3 is 15.0 Å². The van der Waals surface area contributed by atoms with Crippen LogP contribution in [0.5, 0.6) is 0 Å². The Balaban J connectivity index is 1.79. The van der Waals surface area contributed by atoms with Gasteiger partial charge in [-0.1, -0.05) is 18.7 Å². The molecule has 1 aliphatic heterocycles. The fraction of sp³-hybridized carbons (Fsp3) is 0.200. The largest absolute Gasteiger partial charge is 0.377 e. The molecular formula is C20H19FN2O3. The third-order valence-electron chi connectivity index (χ3n) is 4.23. The van der Waals surface area contributed by atoms with Gasteiger partial charge in [-0.2, -0.15) is 0 Å². The van der Waals surface area contributed by atoms with Gasteiger partial charge in [-0.15, -0.1) is 0 Å². The van der Waals surface area contributed by atoms with Gasteiger partial charge in [-0.05, 0) is 48.0 Å². The summed E-state index contributed by atoms with van der Waals surface area (Å²) >= 11 is 0. The number of nitrogens with one attached hydrogen (secondary N) is 1. The lowest BCUT2D eigenvalue weighted by Gasteiger charge is -2.36. The number of halogens is 1. The second-order valence-electron chi connectivity index (χ2n) is 5.91. The van der Waals surface area contributed by atoms with E-state index in [4.69, 9.17) is 4.74 Å². The number of hydrogen-bond acceptors (Lipinski definition) is 3. The van der Waals surface area contributed by atoms with E-state index in [1.807, 2.05) is 0 Å². The van der Waals surface area contributed by atoms with E-state index in [2.05, 4.69) is 11.9 Å².